The van der Waals surface area contributed by atoms with Crippen molar-refractivity contribution in [3.63, 3.8) is 0 Å². The molecule has 0 atom stereocenters. The highest BCUT2D eigenvalue weighted by atomic mass is 16.5. The number of nitrogens with zero attached hydrogens (tertiary/aromatic N) is 1. The molecule has 0 aliphatic rings. The van der Waals surface area contributed by atoms with Gasteiger partial charge < -0.3 is 14.4 Å². The summed E-state index contributed by atoms with van der Waals surface area (Å²) in [6.45, 7) is 2.81. The number of unbranched alkanes of at least 4 members (excludes halogenated alkanes) is 1. The van der Waals surface area contributed by atoms with Crippen LogP contribution in [0.5, 0.6) is 11.5 Å². The SMILES string of the molecule is CCCCC(=O)N(C)CCc1ccc(OC)c(OC)c1. The van der Waals surface area contributed by atoms with Crippen LogP contribution in [0.1, 0.15) is 31.7 Å². The van der Waals surface area contributed by atoms with Crippen molar-refractivity contribution in [2.45, 2.75) is 32.6 Å². The van der Waals surface area contributed by atoms with Gasteiger partial charge in [-0.15, -0.1) is 0 Å². The summed E-state index contributed by atoms with van der Waals surface area (Å²) >= 11 is 0. The molecule has 0 aliphatic carbocycles. The molecule has 0 heterocycles. The molecule has 0 aliphatic heterocycles. The summed E-state index contributed by atoms with van der Waals surface area (Å²) in [6, 6.07) is 5.86. The second-order valence-electron chi connectivity index (χ2n) is 4.86. The maximum absolute atomic E-state index is 11.8. The van der Waals surface area contributed by atoms with Gasteiger partial charge in [0.15, 0.2) is 11.5 Å². The molecule has 0 spiro atoms. The fraction of sp³-hybridized carbons (Fsp3) is 0.562. The van der Waals surface area contributed by atoms with Crippen molar-refractivity contribution in [3.05, 3.63) is 23.8 Å². The maximum atomic E-state index is 11.8. The van der Waals surface area contributed by atoms with Gasteiger partial charge in [-0.1, -0.05) is 19.4 Å². The molecule has 1 rings (SSSR count). The lowest BCUT2D eigenvalue weighted by Gasteiger charge is -2.17. The lowest BCUT2D eigenvalue weighted by atomic mass is 10.1. The predicted molar refractivity (Wildman–Crippen MR) is 80.4 cm³/mol. The minimum Gasteiger partial charge on any atom is -0.493 e. The molecular weight excluding hydrogens is 254 g/mol. The number of carbonyl (C=O) groups excluding carboxylic acids is 1. The van der Waals surface area contributed by atoms with Gasteiger partial charge in [-0.2, -0.15) is 0 Å². The summed E-state index contributed by atoms with van der Waals surface area (Å²) in [7, 11) is 5.11. The van der Waals surface area contributed by atoms with E-state index in [1.165, 1.54) is 0 Å². The normalized spacial score (nSPS) is 10.2. The van der Waals surface area contributed by atoms with Gasteiger partial charge >= 0.3 is 0 Å². The molecule has 0 radical (unpaired) electrons. The van der Waals surface area contributed by atoms with Gasteiger partial charge in [0, 0.05) is 20.0 Å². The van der Waals surface area contributed by atoms with Crippen LogP contribution in [0.15, 0.2) is 18.2 Å². The molecule has 0 fully saturated rings. The van der Waals surface area contributed by atoms with E-state index in [9.17, 15) is 4.79 Å². The van der Waals surface area contributed by atoms with Gasteiger partial charge in [-0.3, -0.25) is 4.79 Å². The first kappa shape index (κ1) is 16.3. The number of likely N-dealkylation sites (N-methyl/N-ethyl adjacent to an activating group) is 1. The van der Waals surface area contributed by atoms with Crippen LogP contribution in [0.2, 0.25) is 0 Å². The van der Waals surface area contributed by atoms with Crippen molar-refractivity contribution in [3.8, 4) is 11.5 Å². The summed E-state index contributed by atoms with van der Waals surface area (Å²) in [5.74, 6) is 1.67. The number of methoxy groups -OCH3 is 2. The smallest absolute Gasteiger partial charge is 0.222 e. The Morgan fingerprint density at radius 2 is 1.90 bits per heavy atom. The van der Waals surface area contributed by atoms with Gasteiger partial charge in [0.25, 0.3) is 0 Å². The molecule has 20 heavy (non-hydrogen) atoms. The number of hydrogen-bond acceptors (Lipinski definition) is 3. The van der Waals surface area contributed by atoms with Gasteiger partial charge in [0.1, 0.15) is 0 Å². The van der Waals surface area contributed by atoms with Crippen LogP contribution in [0.4, 0.5) is 0 Å². The topological polar surface area (TPSA) is 38.8 Å². The summed E-state index contributed by atoms with van der Waals surface area (Å²) < 4.78 is 10.5. The van der Waals surface area contributed by atoms with Gasteiger partial charge in [0.05, 0.1) is 14.2 Å². The van der Waals surface area contributed by atoms with E-state index in [1.807, 2.05) is 25.2 Å². The number of rotatable bonds is 8. The van der Waals surface area contributed by atoms with Crippen molar-refractivity contribution in [1.82, 2.24) is 4.90 Å². The first-order valence-electron chi connectivity index (χ1n) is 7.07. The third kappa shape index (κ3) is 4.76. The molecule has 1 amide bonds. The zero-order valence-electron chi connectivity index (χ0n) is 12.9. The van der Waals surface area contributed by atoms with Crippen LogP contribution >= 0.6 is 0 Å². The Kier molecular flexibility index (Phi) is 6.91. The van der Waals surface area contributed by atoms with Gasteiger partial charge in [0.2, 0.25) is 5.91 Å². The van der Waals surface area contributed by atoms with Crippen molar-refractivity contribution in [1.29, 1.82) is 0 Å². The zero-order chi connectivity index (χ0) is 15.0. The van der Waals surface area contributed by atoms with Crippen LogP contribution < -0.4 is 9.47 Å². The summed E-state index contributed by atoms with van der Waals surface area (Å²) in [4.78, 5) is 13.6. The number of benzene rings is 1. The van der Waals surface area contributed by atoms with Crippen molar-refractivity contribution < 1.29 is 14.3 Å². The molecule has 4 nitrogen and oxygen atoms in total. The van der Waals surface area contributed by atoms with Crippen LogP contribution in [-0.4, -0.2) is 38.6 Å². The van der Waals surface area contributed by atoms with E-state index in [1.54, 1.807) is 19.1 Å². The van der Waals surface area contributed by atoms with E-state index in [2.05, 4.69) is 6.92 Å². The molecule has 1 aromatic carbocycles. The molecule has 112 valence electrons. The molecule has 0 saturated carbocycles. The Balaban J connectivity index is 2.54. The zero-order valence-corrected chi connectivity index (χ0v) is 12.9. The fourth-order valence-corrected chi connectivity index (χ4v) is 1.98. The van der Waals surface area contributed by atoms with E-state index < -0.39 is 0 Å². The van der Waals surface area contributed by atoms with Gasteiger partial charge in [-0.25, -0.2) is 0 Å². The molecule has 0 bridgehead atoms. The summed E-state index contributed by atoms with van der Waals surface area (Å²) in [5, 5.41) is 0. The number of amides is 1. The van der Waals surface area contributed by atoms with Crippen molar-refractivity contribution in [2.24, 2.45) is 0 Å². The van der Waals surface area contributed by atoms with E-state index in [-0.39, 0.29) is 5.91 Å². The summed E-state index contributed by atoms with van der Waals surface area (Å²) in [5.41, 5.74) is 1.14. The van der Waals surface area contributed by atoms with E-state index >= 15 is 0 Å². The largest absolute Gasteiger partial charge is 0.493 e. The average molecular weight is 279 g/mol. The average Bonchev–Trinajstić information content (AvgIpc) is 2.49. The fourth-order valence-electron chi connectivity index (χ4n) is 1.98. The highest BCUT2D eigenvalue weighted by molar-refractivity contribution is 5.75. The van der Waals surface area contributed by atoms with E-state index in [0.29, 0.717) is 6.42 Å². The first-order valence-corrected chi connectivity index (χ1v) is 7.07. The number of carbonyl (C=O) groups is 1. The Morgan fingerprint density at radius 1 is 1.20 bits per heavy atom. The Bertz CT molecular complexity index is 432. The lowest BCUT2D eigenvalue weighted by molar-refractivity contribution is -0.129. The number of hydrogen-bond donors (Lipinski definition) is 0. The highest BCUT2D eigenvalue weighted by Gasteiger charge is 2.09. The maximum Gasteiger partial charge on any atom is 0.222 e. The molecule has 0 saturated heterocycles. The number of ether oxygens (including phenoxy) is 2. The minimum atomic E-state index is 0.215. The van der Waals surface area contributed by atoms with Crippen LogP contribution in [0, 0.1) is 0 Å². The van der Waals surface area contributed by atoms with Crippen LogP contribution in [0.3, 0.4) is 0 Å². The molecule has 1 aromatic rings. The Morgan fingerprint density at radius 3 is 2.50 bits per heavy atom. The van der Waals surface area contributed by atoms with Crippen LogP contribution in [0.25, 0.3) is 0 Å². The van der Waals surface area contributed by atoms with Crippen molar-refractivity contribution >= 4 is 5.91 Å². The van der Waals surface area contributed by atoms with E-state index in [0.717, 1.165) is 42.9 Å². The summed E-state index contributed by atoms with van der Waals surface area (Å²) in [6.07, 6.45) is 3.46. The second kappa shape index (κ2) is 8.46. The third-order valence-electron chi connectivity index (χ3n) is 3.35. The first-order chi connectivity index (χ1) is 9.62. The Hall–Kier alpha value is -1.71. The van der Waals surface area contributed by atoms with Crippen molar-refractivity contribution in [2.75, 3.05) is 27.8 Å². The third-order valence-corrected chi connectivity index (χ3v) is 3.35. The predicted octanol–water partition coefficient (Wildman–Crippen LogP) is 2.89. The molecule has 0 aromatic heterocycles. The highest BCUT2D eigenvalue weighted by Crippen LogP contribution is 2.27. The molecular formula is C16H25NO3. The molecule has 4 heteroatoms. The van der Waals surface area contributed by atoms with Crippen LogP contribution in [-0.2, 0) is 11.2 Å². The monoisotopic (exact) mass is 279 g/mol. The lowest BCUT2D eigenvalue weighted by Crippen LogP contribution is -2.28. The quantitative estimate of drug-likeness (QED) is 0.734. The second-order valence-corrected chi connectivity index (χ2v) is 4.86. The minimum absolute atomic E-state index is 0.215. The standard InChI is InChI=1S/C16H25NO3/c1-5-6-7-16(18)17(2)11-10-13-8-9-14(19-3)15(12-13)20-4/h8-9,12H,5-7,10-11H2,1-4H3. The Labute approximate surface area is 121 Å². The van der Waals surface area contributed by atoms with Gasteiger partial charge in [-0.05, 0) is 30.5 Å². The molecule has 0 N–H and O–H groups in total. The molecule has 0 unspecified atom stereocenters. The van der Waals surface area contributed by atoms with E-state index in [4.69, 9.17) is 9.47 Å².